The minimum Gasteiger partial charge on any atom is -0.338 e. The summed E-state index contributed by atoms with van der Waals surface area (Å²) >= 11 is 5.51. The highest BCUT2D eigenvalue weighted by Gasteiger charge is 2.10. The van der Waals surface area contributed by atoms with Gasteiger partial charge in [0.2, 0.25) is 5.91 Å². The molecule has 0 aliphatic heterocycles. The molecule has 0 aromatic heterocycles. The van der Waals surface area contributed by atoms with E-state index in [2.05, 4.69) is 6.07 Å². The zero-order chi connectivity index (χ0) is 12.0. The monoisotopic (exact) mass is 236 g/mol. The molecule has 0 atom stereocenters. The lowest BCUT2D eigenvalue weighted by Crippen LogP contribution is -2.31. The molecule has 0 bridgehead atoms. The number of carbonyl (C=O) groups is 1. The third-order valence-electron chi connectivity index (χ3n) is 2.28. The molecule has 1 amide bonds. The highest BCUT2D eigenvalue weighted by molar-refractivity contribution is 6.27. The highest BCUT2D eigenvalue weighted by Crippen LogP contribution is 2.08. The fraction of sp³-hybridized carbons (Fsp3) is 0.333. The van der Waals surface area contributed by atoms with Crippen molar-refractivity contribution < 1.29 is 4.79 Å². The second kappa shape index (κ2) is 6.14. The van der Waals surface area contributed by atoms with Crippen molar-refractivity contribution in [2.75, 3.05) is 12.4 Å². The van der Waals surface area contributed by atoms with Gasteiger partial charge in [-0.15, -0.1) is 11.6 Å². The van der Waals surface area contributed by atoms with Gasteiger partial charge in [-0.1, -0.05) is 12.1 Å². The Morgan fingerprint density at radius 1 is 1.56 bits per heavy atom. The Morgan fingerprint density at radius 2 is 2.31 bits per heavy atom. The number of amides is 1. The second-order valence-corrected chi connectivity index (χ2v) is 3.62. The van der Waals surface area contributed by atoms with Crippen LogP contribution in [0, 0.1) is 11.3 Å². The molecule has 0 saturated heterocycles. The average Bonchev–Trinajstić information content (AvgIpc) is 2.35. The lowest BCUT2D eigenvalue weighted by molar-refractivity contribution is -0.128. The van der Waals surface area contributed by atoms with Crippen molar-refractivity contribution in [3.05, 3.63) is 35.4 Å². The van der Waals surface area contributed by atoms with Crippen molar-refractivity contribution in [2.24, 2.45) is 0 Å². The number of hydrogen-bond acceptors (Lipinski definition) is 2. The predicted molar refractivity (Wildman–Crippen MR) is 63.0 cm³/mol. The van der Waals surface area contributed by atoms with Gasteiger partial charge in [0.25, 0.3) is 0 Å². The fourth-order valence-corrected chi connectivity index (χ4v) is 1.59. The van der Waals surface area contributed by atoms with Crippen molar-refractivity contribution in [1.82, 2.24) is 4.90 Å². The Bertz CT molecular complexity index is 412. The average molecular weight is 237 g/mol. The summed E-state index contributed by atoms with van der Waals surface area (Å²) in [5.41, 5.74) is 1.55. The zero-order valence-corrected chi connectivity index (χ0v) is 9.87. The van der Waals surface area contributed by atoms with Gasteiger partial charge in [-0.25, -0.2) is 0 Å². The van der Waals surface area contributed by atoms with Crippen LogP contribution >= 0.6 is 11.6 Å². The summed E-state index contributed by atoms with van der Waals surface area (Å²) in [5, 5.41) is 8.76. The molecular weight excluding hydrogens is 224 g/mol. The van der Waals surface area contributed by atoms with Crippen LogP contribution in [0.4, 0.5) is 0 Å². The van der Waals surface area contributed by atoms with Crippen LogP contribution in [0.1, 0.15) is 18.1 Å². The number of alkyl halides is 1. The largest absolute Gasteiger partial charge is 0.338 e. The molecule has 0 radical (unpaired) electrons. The topological polar surface area (TPSA) is 44.1 Å². The number of hydrogen-bond donors (Lipinski definition) is 0. The number of nitrogens with zero attached hydrogens (tertiary/aromatic N) is 2. The van der Waals surface area contributed by atoms with Crippen LogP contribution in [0.25, 0.3) is 0 Å². The summed E-state index contributed by atoms with van der Waals surface area (Å²) < 4.78 is 0. The van der Waals surface area contributed by atoms with Crippen LogP contribution in [0.15, 0.2) is 24.3 Å². The normalized spacial score (nSPS) is 9.56. The molecule has 0 N–H and O–H groups in total. The predicted octanol–water partition coefficient (Wildman–Crippen LogP) is 2.15. The molecule has 3 nitrogen and oxygen atoms in total. The van der Waals surface area contributed by atoms with Gasteiger partial charge in [0.05, 0.1) is 11.6 Å². The van der Waals surface area contributed by atoms with Crippen molar-refractivity contribution >= 4 is 17.5 Å². The minimum absolute atomic E-state index is 0.00815. The van der Waals surface area contributed by atoms with Crippen molar-refractivity contribution in [3.63, 3.8) is 0 Å². The Hall–Kier alpha value is -1.53. The second-order valence-electron chi connectivity index (χ2n) is 3.35. The third kappa shape index (κ3) is 3.25. The molecule has 1 aromatic carbocycles. The molecule has 16 heavy (non-hydrogen) atoms. The minimum atomic E-state index is -0.0912. The number of carbonyl (C=O) groups excluding carboxylic acids is 1. The van der Waals surface area contributed by atoms with E-state index in [4.69, 9.17) is 16.9 Å². The van der Waals surface area contributed by atoms with E-state index in [0.29, 0.717) is 18.7 Å². The van der Waals surface area contributed by atoms with E-state index in [1.54, 1.807) is 17.0 Å². The molecule has 1 rings (SSSR count). The maximum absolute atomic E-state index is 11.4. The summed E-state index contributed by atoms with van der Waals surface area (Å²) in [5.74, 6) is -0.0993. The molecule has 1 aromatic rings. The Morgan fingerprint density at radius 3 is 2.88 bits per heavy atom. The molecule has 4 heteroatoms. The molecule has 0 spiro atoms. The molecule has 0 aliphatic rings. The van der Waals surface area contributed by atoms with E-state index >= 15 is 0 Å². The van der Waals surface area contributed by atoms with Crippen LogP contribution in [0.3, 0.4) is 0 Å². The highest BCUT2D eigenvalue weighted by atomic mass is 35.5. The van der Waals surface area contributed by atoms with Crippen LogP contribution in [0.5, 0.6) is 0 Å². The van der Waals surface area contributed by atoms with Crippen LogP contribution in [0.2, 0.25) is 0 Å². The van der Waals surface area contributed by atoms with E-state index in [-0.39, 0.29) is 11.8 Å². The number of benzene rings is 1. The summed E-state index contributed by atoms with van der Waals surface area (Å²) in [4.78, 5) is 13.1. The lowest BCUT2D eigenvalue weighted by Gasteiger charge is -2.19. The van der Waals surface area contributed by atoms with Crippen LogP contribution < -0.4 is 0 Å². The Labute approximate surface area is 100 Å². The first kappa shape index (κ1) is 12.5. The first-order chi connectivity index (χ1) is 7.71. The van der Waals surface area contributed by atoms with E-state index in [1.807, 2.05) is 19.1 Å². The Kier molecular flexibility index (Phi) is 4.81. The van der Waals surface area contributed by atoms with Gasteiger partial charge in [0.1, 0.15) is 5.88 Å². The van der Waals surface area contributed by atoms with Crippen molar-refractivity contribution in [2.45, 2.75) is 13.5 Å². The van der Waals surface area contributed by atoms with Crippen LogP contribution in [-0.2, 0) is 11.3 Å². The van der Waals surface area contributed by atoms with E-state index in [0.717, 1.165) is 5.56 Å². The zero-order valence-electron chi connectivity index (χ0n) is 9.11. The molecular formula is C12H13ClN2O. The van der Waals surface area contributed by atoms with Gasteiger partial charge in [-0.2, -0.15) is 5.26 Å². The summed E-state index contributed by atoms with van der Waals surface area (Å²) in [6.07, 6.45) is 0. The summed E-state index contributed by atoms with van der Waals surface area (Å²) in [6.45, 7) is 3.01. The van der Waals surface area contributed by atoms with Gasteiger partial charge >= 0.3 is 0 Å². The SMILES string of the molecule is CCN(Cc1cccc(C#N)c1)C(=O)CCl. The van der Waals surface area contributed by atoms with Gasteiger partial charge in [-0.05, 0) is 24.6 Å². The first-order valence-corrected chi connectivity index (χ1v) is 5.57. The number of halogens is 1. The van der Waals surface area contributed by atoms with E-state index in [9.17, 15) is 4.79 Å². The quantitative estimate of drug-likeness (QED) is 0.752. The molecule has 0 heterocycles. The third-order valence-corrected chi connectivity index (χ3v) is 2.51. The molecule has 0 fully saturated rings. The first-order valence-electron chi connectivity index (χ1n) is 5.04. The van der Waals surface area contributed by atoms with Crippen molar-refractivity contribution in [1.29, 1.82) is 5.26 Å². The van der Waals surface area contributed by atoms with Gasteiger partial charge < -0.3 is 4.90 Å². The molecule has 0 aliphatic carbocycles. The summed E-state index contributed by atoms with van der Waals surface area (Å²) in [7, 11) is 0. The fourth-order valence-electron chi connectivity index (χ4n) is 1.42. The van der Waals surface area contributed by atoms with Crippen LogP contribution in [-0.4, -0.2) is 23.2 Å². The number of rotatable bonds is 4. The van der Waals surface area contributed by atoms with Gasteiger partial charge in [0, 0.05) is 13.1 Å². The molecule has 0 unspecified atom stereocenters. The maximum Gasteiger partial charge on any atom is 0.237 e. The standard InChI is InChI=1S/C12H13ClN2O/c1-2-15(12(16)7-13)9-11-5-3-4-10(6-11)8-14/h3-6H,2,7,9H2,1H3. The number of nitriles is 1. The van der Waals surface area contributed by atoms with Crippen molar-refractivity contribution in [3.8, 4) is 6.07 Å². The Balaban J connectivity index is 2.78. The molecule has 0 saturated carbocycles. The molecule has 84 valence electrons. The summed E-state index contributed by atoms with van der Waals surface area (Å²) in [6, 6.07) is 9.30. The van der Waals surface area contributed by atoms with E-state index in [1.165, 1.54) is 0 Å². The lowest BCUT2D eigenvalue weighted by atomic mass is 10.1. The smallest absolute Gasteiger partial charge is 0.237 e. The van der Waals surface area contributed by atoms with Gasteiger partial charge in [0.15, 0.2) is 0 Å². The van der Waals surface area contributed by atoms with E-state index < -0.39 is 0 Å². The van der Waals surface area contributed by atoms with Gasteiger partial charge in [-0.3, -0.25) is 4.79 Å². The maximum atomic E-state index is 11.4.